The predicted octanol–water partition coefficient (Wildman–Crippen LogP) is 2.35. The molecule has 5 nitrogen and oxygen atoms in total. The Morgan fingerprint density at radius 2 is 1.95 bits per heavy atom. The van der Waals surface area contributed by atoms with E-state index in [9.17, 15) is 14.0 Å². The lowest BCUT2D eigenvalue weighted by molar-refractivity contribution is -0.121. The number of halogens is 1. The van der Waals surface area contributed by atoms with Crippen LogP contribution in [0, 0.1) is 12.7 Å². The van der Waals surface area contributed by atoms with Gasteiger partial charge in [0.15, 0.2) is 5.16 Å². The summed E-state index contributed by atoms with van der Waals surface area (Å²) >= 11 is 1.17. The van der Waals surface area contributed by atoms with Crippen LogP contribution >= 0.6 is 11.8 Å². The van der Waals surface area contributed by atoms with Crippen LogP contribution in [0.15, 0.2) is 41.7 Å². The molecule has 1 aliphatic heterocycles. The first-order valence-corrected chi connectivity index (χ1v) is 7.51. The molecule has 1 aromatic heterocycles. The first kappa shape index (κ1) is 14.6. The Morgan fingerprint density at radius 3 is 2.64 bits per heavy atom. The lowest BCUT2D eigenvalue weighted by atomic mass is 10.3. The highest BCUT2D eigenvalue weighted by Crippen LogP contribution is 2.32. The second-order valence-electron chi connectivity index (χ2n) is 4.84. The molecule has 22 heavy (non-hydrogen) atoms. The largest absolute Gasteiger partial charge is 0.274 e. The Morgan fingerprint density at radius 1 is 1.23 bits per heavy atom. The van der Waals surface area contributed by atoms with Gasteiger partial charge >= 0.3 is 0 Å². The fourth-order valence-corrected chi connectivity index (χ4v) is 3.17. The lowest BCUT2D eigenvalue weighted by Crippen LogP contribution is -2.31. The molecule has 3 rings (SSSR count). The molecule has 2 aromatic rings. The fraction of sp³-hybridized carbons (Fsp3) is 0.200. The summed E-state index contributed by atoms with van der Waals surface area (Å²) in [6.45, 7) is 1.83. The van der Waals surface area contributed by atoms with E-state index in [1.165, 1.54) is 36.0 Å². The van der Waals surface area contributed by atoms with Crippen molar-refractivity contribution in [2.75, 3.05) is 4.90 Å². The van der Waals surface area contributed by atoms with E-state index in [1.54, 1.807) is 12.3 Å². The van der Waals surface area contributed by atoms with Crippen LogP contribution in [-0.4, -0.2) is 27.0 Å². The van der Waals surface area contributed by atoms with Crippen LogP contribution in [0.2, 0.25) is 0 Å². The quantitative estimate of drug-likeness (QED) is 0.642. The number of amides is 2. The van der Waals surface area contributed by atoms with E-state index in [2.05, 4.69) is 9.97 Å². The van der Waals surface area contributed by atoms with Gasteiger partial charge in [-0.1, -0.05) is 11.8 Å². The van der Waals surface area contributed by atoms with Crippen LogP contribution < -0.4 is 4.90 Å². The minimum absolute atomic E-state index is 0.0815. The molecule has 1 saturated heterocycles. The van der Waals surface area contributed by atoms with Crippen LogP contribution in [0.4, 0.5) is 10.1 Å². The third kappa shape index (κ3) is 2.85. The Labute approximate surface area is 130 Å². The van der Waals surface area contributed by atoms with Gasteiger partial charge in [0, 0.05) is 18.3 Å². The molecule has 1 fully saturated rings. The average Bonchev–Trinajstić information content (AvgIpc) is 2.75. The molecule has 112 valence electrons. The first-order valence-electron chi connectivity index (χ1n) is 6.63. The van der Waals surface area contributed by atoms with E-state index in [0.29, 0.717) is 10.8 Å². The van der Waals surface area contributed by atoms with E-state index >= 15 is 0 Å². The Kier molecular flexibility index (Phi) is 3.89. The second kappa shape index (κ2) is 5.84. The number of carbonyl (C=O) groups is 2. The SMILES string of the molecule is Cc1ccnc(S[C@H]2CC(=O)N(c3ccc(F)cc3)C2=O)n1. The van der Waals surface area contributed by atoms with Crippen LogP contribution in [0.1, 0.15) is 12.1 Å². The molecule has 2 amide bonds. The number of anilines is 1. The van der Waals surface area contributed by atoms with Crippen molar-refractivity contribution in [1.82, 2.24) is 9.97 Å². The standard InChI is InChI=1S/C15H12FN3O2S/c1-9-6-7-17-15(18-9)22-12-8-13(20)19(14(12)21)11-4-2-10(16)3-5-11/h2-7,12H,8H2,1H3/t12-/m0/s1. The summed E-state index contributed by atoms with van der Waals surface area (Å²) in [6.07, 6.45) is 1.70. The molecule has 2 heterocycles. The zero-order valence-electron chi connectivity index (χ0n) is 11.7. The number of benzene rings is 1. The van der Waals surface area contributed by atoms with Crippen molar-refractivity contribution < 1.29 is 14.0 Å². The normalized spacial score (nSPS) is 18.1. The highest BCUT2D eigenvalue weighted by Gasteiger charge is 2.40. The number of thioether (sulfide) groups is 1. The molecule has 0 bridgehead atoms. The van der Waals surface area contributed by atoms with Gasteiger partial charge < -0.3 is 0 Å². The van der Waals surface area contributed by atoms with E-state index in [4.69, 9.17) is 0 Å². The molecule has 0 radical (unpaired) electrons. The maximum atomic E-state index is 13.0. The Bertz CT molecular complexity index is 736. The third-order valence-electron chi connectivity index (χ3n) is 3.21. The van der Waals surface area contributed by atoms with Gasteiger partial charge in [-0.05, 0) is 37.3 Å². The topological polar surface area (TPSA) is 63.2 Å². The summed E-state index contributed by atoms with van der Waals surface area (Å²) in [5, 5.41) is -0.0912. The van der Waals surface area contributed by atoms with Gasteiger partial charge in [-0.2, -0.15) is 0 Å². The smallest absolute Gasteiger partial charge is 0.247 e. The van der Waals surface area contributed by atoms with Gasteiger partial charge in [-0.15, -0.1) is 0 Å². The van der Waals surface area contributed by atoms with Crippen molar-refractivity contribution in [1.29, 1.82) is 0 Å². The number of aromatic nitrogens is 2. The van der Waals surface area contributed by atoms with Gasteiger partial charge in [0.25, 0.3) is 0 Å². The predicted molar refractivity (Wildman–Crippen MR) is 79.9 cm³/mol. The van der Waals surface area contributed by atoms with E-state index in [1.807, 2.05) is 6.92 Å². The van der Waals surface area contributed by atoms with E-state index < -0.39 is 11.1 Å². The molecule has 1 aromatic carbocycles. The zero-order valence-corrected chi connectivity index (χ0v) is 12.5. The minimum Gasteiger partial charge on any atom is -0.274 e. The van der Waals surface area contributed by atoms with Crippen molar-refractivity contribution in [3.05, 3.63) is 48.0 Å². The molecule has 0 saturated carbocycles. The number of imide groups is 1. The number of hydrogen-bond acceptors (Lipinski definition) is 5. The van der Waals surface area contributed by atoms with Gasteiger partial charge in [0.2, 0.25) is 11.8 Å². The zero-order chi connectivity index (χ0) is 15.7. The Balaban J connectivity index is 1.81. The maximum absolute atomic E-state index is 13.0. The molecule has 0 N–H and O–H groups in total. The van der Waals surface area contributed by atoms with E-state index in [0.717, 1.165) is 10.6 Å². The highest BCUT2D eigenvalue weighted by atomic mass is 32.2. The molecule has 1 aliphatic rings. The van der Waals surface area contributed by atoms with Crippen molar-refractivity contribution in [2.45, 2.75) is 23.8 Å². The average molecular weight is 317 g/mol. The van der Waals surface area contributed by atoms with Gasteiger partial charge in [0.05, 0.1) is 5.69 Å². The van der Waals surface area contributed by atoms with Gasteiger partial charge in [-0.3, -0.25) is 9.59 Å². The number of rotatable bonds is 3. The van der Waals surface area contributed by atoms with Crippen molar-refractivity contribution in [3.63, 3.8) is 0 Å². The molecular formula is C15H12FN3O2S. The molecule has 0 spiro atoms. The summed E-state index contributed by atoms with van der Waals surface area (Å²) < 4.78 is 13.0. The van der Waals surface area contributed by atoms with Crippen LogP contribution in [0.25, 0.3) is 0 Å². The summed E-state index contributed by atoms with van der Waals surface area (Å²) in [5.74, 6) is -1.05. The highest BCUT2D eigenvalue weighted by molar-refractivity contribution is 8.00. The molecular weight excluding hydrogens is 305 g/mol. The first-order chi connectivity index (χ1) is 10.5. The molecule has 0 aliphatic carbocycles. The summed E-state index contributed by atoms with van der Waals surface area (Å²) in [6, 6.07) is 7.04. The monoisotopic (exact) mass is 317 g/mol. The molecule has 7 heteroatoms. The summed E-state index contributed by atoms with van der Waals surface area (Å²) in [4.78, 5) is 33.9. The summed E-state index contributed by atoms with van der Waals surface area (Å²) in [5.41, 5.74) is 1.18. The maximum Gasteiger partial charge on any atom is 0.247 e. The number of carbonyl (C=O) groups excluding carboxylic acids is 2. The summed E-state index contributed by atoms with van der Waals surface area (Å²) in [7, 11) is 0. The minimum atomic E-state index is -0.556. The number of hydrogen-bond donors (Lipinski definition) is 0. The lowest BCUT2D eigenvalue weighted by Gasteiger charge is -2.14. The molecule has 1 atom stereocenters. The van der Waals surface area contributed by atoms with Crippen LogP contribution in [0.5, 0.6) is 0 Å². The van der Waals surface area contributed by atoms with Gasteiger partial charge in [-0.25, -0.2) is 19.3 Å². The Hall–Kier alpha value is -2.28. The van der Waals surface area contributed by atoms with Crippen molar-refractivity contribution >= 4 is 29.3 Å². The van der Waals surface area contributed by atoms with Crippen LogP contribution in [-0.2, 0) is 9.59 Å². The second-order valence-corrected chi connectivity index (χ2v) is 6.00. The van der Waals surface area contributed by atoms with Crippen molar-refractivity contribution in [3.8, 4) is 0 Å². The third-order valence-corrected chi connectivity index (χ3v) is 4.27. The van der Waals surface area contributed by atoms with E-state index in [-0.39, 0.29) is 18.2 Å². The fourth-order valence-electron chi connectivity index (χ4n) is 2.17. The number of aryl methyl sites for hydroxylation is 1. The molecule has 0 unspecified atom stereocenters. The van der Waals surface area contributed by atoms with Crippen LogP contribution in [0.3, 0.4) is 0 Å². The number of nitrogens with zero attached hydrogens (tertiary/aromatic N) is 3. The van der Waals surface area contributed by atoms with Gasteiger partial charge in [0.1, 0.15) is 11.1 Å². The van der Waals surface area contributed by atoms with Crippen molar-refractivity contribution in [2.24, 2.45) is 0 Å².